The van der Waals surface area contributed by atoms with E-state index in [0.29, 0.717) is 19.4 Å². The zero-order chi connectivity index (χ0) is 20.2. The molecule has 0 bridgehead atoms. The maximum Gasteiger partial charge on any atom is 0.313 e. The summed E-state index contributed by atoms with van der Waals surface area (Å²) in [6.07, 6.45) is 0.675. The van der Waals surface area contributed by atoms with Crippen molar-refractivity contribution in [1.82, 2.24) is 5.06 Å². The molecule has 2 unspecified atom stereocenters. The van der Waals surface area contributed by atoms with Gasteiger partial charge in [-0.25, -0.2) is 5.26 Å². The van der Waals surface area contributed by atoms with Crippen molar-refractivity contribution in [2.24, 2.45) is 11.3 Å². The molecule has 1 amide bonds. The van der Waals surface area contributed by atoms with E-state index in [0.717, 1.165) is 16.7 Å². The fourth-order valence-corrected chi connectivity index (χ4v) is 4.05. The number of hydroxylamine groups is 2. The maximum absolute atomic E-state index is 12.8. The second-order valence-electron chi connectivity index (χ2n) is 8.31. The third-order valence-corrected chi connectivity index (χ3v) is 6.64. The normalized spacial score (nSPS) is 21.6. The van der Waals surface area contributed by atoms with E-state index in [2.05, 4.69) is 24.6 Å². The van der Waals surface area contributed by atoms with Gasteiger partial charge < -0.3 is 9.84 Å². The number of amides is 1. The van der Waals surface area contributed by atoms with Crippen LogP contribution in [-0.4, -0.2) is 48.5 Å². The van der Waals surface area contributed by atoms with E-state index < -0.39 is 31.3 Å². The van der Waals surface area contributed by atoms with Crippen LogP contribution in [0.15, 0.2) is 24.3 Å². The fraction of sp³-hybridized carbons (Fsp3) is 0.579. The van der Waals surface area contributed by atoms with Crippen LogP contribution in [0.5, 0.6) is 5.75 Å². The van der Waals surface area contributed by atoms with Crippen LogP contribution in [0.2, 0.25) is 25.7 Å². The minimum Gasteiger partial charge on any atom is -0.508 e. The number of carbonyl (C=O) groups excluding carboxylic acids is 2. The standard InChI is InChI=1S/C19H29NO6Si/c1-5-25-18(23)19(12-14-6-8-15(21)9-7-14)13-16(19)17(22)20(26-24)10-11-27(2,3)4/h6-9,16,21,24H,5,10-13H2,1-4H3. The number of carbonyl (C=O) groups is 2. The van der Waals surface area contributed by atoms with Crippen molar-refractivity contribution in [3.8, 4) is 5.75 Å². The summed E-state index contributed by atoms with van der Waals surface area (Å²) in [6, 6.07) is 7.31. The van der Waals surface area contributed by atoms with E-state index in [1.54, 1.807) is 31.2 Å². The Labute approximate surface area is 160 Å². The number of aromatic hydroxyl groups is 1. The zero-order valence-corrected chi connectivity index (χ0v) is 17.4. The second-order valence-corrected chi connectivity index (χ2v) is 13.9. The topological polar surface area (TPSA) is 96.3 Å². The van der Waals surface area contributed by atoms with Crippen molar-refractivity contribution >= 4 is 20.0 Å². The Balaban J connectivity index is 2.15. The molecule has 1 aliphatic rings. The van der Waals surface area contributed by atoms with Crippen LogP contribution in [0.3, 0.4) is 0 Å². The lowest BCUT2D eigenvalue weighted by Gasteiger charge is -2.23. The summed E-state index contributed by atoms with van der Waals surface area (Å²) < 4.78 is 5.22. The Hall–Kier alpha value is -1.90. The molecule has 1 aliphatic carbocycles. The number of nitrogens with zero attached hydrogens (tertiary/aromatic N) is 1. The first-order valence-corrected chi connectivity index (χ1v) is 12.9. The van der Waals surface area contributed by atoms with Gasteiger partial charge in [0.2, 0.25) is 0 Å². The van der Waals surface area contributed by atoms with Crippen molar-refractivity contribution in [2.75, 3.05) is 13.2 Å². The number of benzene rings is 1. The van der Waals surface area contributed by atoms with Gasteiger partial charge in [0.1, 0.15) is 5.75 Å². The zero-order valence-electron chi connectivity index (χ0n) is 16.4. The number of ether oxygens (including phenoxy) is 1. The first-order chi connectivity index (χ1) is 12.6. The Morgan fingerprint density at radius 3 is 2.41 bits per heavy atom. The van der Waals surface area contributed by atoms with Gasteiger partial charge >= 0.3 is 5.97 Å². The largest absolute Gasteiger partial charge is 0.508 e. The van der Waals surface area contributed by atoms with Crippen LogP contribution in [0, 0.1) is 11.3 Å². The van der Waals surface area contributed by atoms with Crippen LogP contribution < -0.4 is 0 Å². The molecular weight excluding hydrogens is 366 g/mol. The van der Waals surface area contributed by atoms with E-state index in [-0.39, 0.29) is 12.4 Å². The Morgan fingerprint density at radius 1 is 1.26 bits per heavy atom. The lowest BCUT2D eigenvalue weighted by Crippen LogP contribution is -2.38. The highest BCUT2D eigenvalue weighted by atomic mass is 28.3. The smallest absolute Gasteiger partial charge is 0.313 e. The Bertz CT molecular complexity index is 672. The second kappa shape index (κ2) is 8.41. The highest BCUT2D eigenvalue weighted by molar-refractivity contribution is 6.76. The summed E-state index contributed by atoms with van der Waals surface area (Å²) in [6.45, 7) is 8.74. The molecular formula is C19H29NO6Si. The number of hydrogen-bond acceptors (Lipinski definition) is 6. The Kier molecular flexibility index (Phi) is 6.66. The maximum atomic E-state index is 12.8. The average Bonchev–Trinajstić information content (AvgIpc) is 3.32. The first-order valence-electron chi connectivity index (χ1n) is 9.21. The number of phenols is 1. The average molecular weight is 396 g/mol. The lowest BCUT2D eigenvalue weighted by atomic mass is 9.93. The highest BCUT2D eigenvalue weighted by Crippen LogP contribution is 2.56. The lowest BCUT2D eigenvalue weighted by molar-refractivity contribution is -0.378. The Morgan fingerprint density at radius 2 is 1.89 bits per heavy atom. The van der Waals surface area contributed by atoms with Crippen molar-refractivity contribution in [3.05, 3.63) is 29.8 Å². The van der Waals surface area contributed by atoms with E-state index in [9.17, 15) is 20.0 Å². The van der Waals surface area contributed by atoms with Gasteiger partial charge in [0.05, 0.1) is 17.9 Å². The SMILES string of the molecule is CCOC(=O)C1(Cc2ccc(O)cc2)CC1C(=O)N(CC[Si](C)(C)C)OO. The van der Waals surface area contributed by atoms with Gasteiger partial charge in [0.25, 0.3) is 5.91 Å². The third kappa shape index (κ3) is 5.30. The van der Waals surface area contributed by atoms with E-state index >= 15 is 0 Å². The fourth-order valence-electron chi connectivity index (χ4n) is 3.18. The van der Waals surface area contributed by atoms with Gasteiger partial charge in [-0.2, -0.15) is 5.06 Å². The molecule has 8 heteroatoms. The molecule has 2 N–H and O–H groups in total. The number of esters is 1. The predicted octanol–water partition coefficient (Wildman–Crippen LogP) is 3.08. The number of rotatable bonds is 9. The van der Waals surface area contributed by atoms with Gasteiger partial charge in [0, 0.05) is 14.6 Å². The molecule has 0 spiro atoms. The van der Waals surface area contributed by atoms with Crippen molar-refractivity contribution in [2.45, 2.75) is 45.5 Å². The molecule has 1 aromatic carbocycles. The van der Waals surface area contributed by atoms with E-state index in [1.165, 1.54) is 0 Å². The summed E-state index contributed by atoms with van der Waals surface area (Å²) in [7, 11) is -1.43. The summed E-state index contributed by atoms with van der Waals surface area (Å²) in [4.78, 5) is 29.8. The minimum absolute atomic E-state index is 0.138. The monoisotopic (exact) mass is 395 g/mol. The van der Waals surface area contributed by atoms with Crippen molar-refractivity contribution < 1.29 is 29.7 Å². The molecule has 2 rings (SSSR count). The molecule has 0 radical (unpaired) electrons. The van der Waals surface area contributed by atoms with Crippen molar-refractivity contribution in [1.29, 1.82) is 0 Å². The highest BCUT2D eigenvalue weighted by Gasteiger charge is 2.65. The molecule has 1 aromatic rings. The molecule has 7 nitrogen and oxygen atoms in total. The van der Waals surface area contributed by atoms with Crippen LogP contribution in [-0.2, 0) is 25.7 Å². The third-order valence-electron chi connectivity index (χ3n) is 4.92. The molecule has 27 heavy (non-hydrogen) atoms. The van der Waals surface area contributed by atoms with Crippen LogP contribution >= 0.6 is 0 Å². The molecule has 150 valence electrons. The van der Waals surface area contributed by atoms with Gasteiger partial charge in [-0.05, 0) is 43.5 Å². The molecule has 0 aromatic heterocycles. The quantitative estimate of drug-likeness (QED) is 0.289. The first kappa shape index (κ1) is 21.4. The molecule has 2 atom stereocenters. The summed E-state index contributed by atoms with van der Waals surface area (Å²) in [5.74, 6) is -1.28. The molecule has 0 heterocycles. The minimum atomic E-state index is -1.43. The van der Waals surface area contributed by atoms with Gasteiger partial charge in [-0.1, -0.05) is 31.8 Å². The number of phenolic OH excluding ortho intramolecular Hbond substituents is 1. The van der Waals surface area contributed by atoms with E-state index in [1.807, 2.05) is 0 Å². The van der Waals surface area contributed by atoms with Gasteiger partial charge in [0.15, 0.2) is 0 Å². The van der Waals surface area contributed by atoms with E-state index in [4.69, 9.17) is 4.74 Å². The van der Waals surface area contributed by atoms with Gasteiger partial charge in [-0.3, -0.25) is 9.59 Å². The summed E-state index contributed by atoms with van der Waals surface area (Å²) in [5, 5.41) is 19.6. The molecule has 0 aliphatic heterocycles. The van der Waals surface area contributed by atoms with Crippen LogP contribution in [0.1, 0.15) is 18.9 Å². The molecule has 0 saturated heterocycles. The molecule has 1 saturated carbocycles. The molecule has 1 fully saturated rings. The predicted molar refractivity (Wildman–Crippen MR) is 103 cm³/mol. The van der Waals surface area contributed by atoms with Crippen LogP contribution in [0.25, 0.3) is 0 Å². The summed E-state index contributed by atoms with van der Waals surface area (Å²) >= 11 is 0. The van der Waals surface area contributed by atoms with Crippen LogP contribution in [0.4, 0.5) is 0 Å². The number of hydrogen-bond donors (Lipinski definition) is 2. The van der Waals surface area contributed by atoms with Gasteiger partial charge in [-0.15, -0.1) is 4.99 Å². The summed E-state index contributed by atoms with van der Waals surface area (Å²) in [5.41, 5.74) is -0.130. The van der Waals surface area contributed by atoms with Crippen molar-refractivity contribution in [3.63, 3.8) is 0 Å².